The van der Waals surface area contributed by atoms with Crippen LogP contribution in [0.1, 0.15) is 97.8 Å². The molecule has 4 heterocycles. The number of hydrogen-bond acceptors (Lipinski definition) is 14. The van der Waals surface area contributed by atoms with Crippen molar-refractivity contribution in [3.05, 3.63) is 147 Å². The van der Waals surface area contributed by atoms with E-state index in [0.717, 1.165) is 60.7 Å². The molecule has 2 aromatic heterocycles. The number of aliphatic carboxylic acids is 1. The van der Waals surface area contributed by atoms with Crippen LogP contribution in [-0.4, -0.2) is 154 Å². The van der Waals surface area contributed by atoms with Crippen molar-refractivity contribution in [2.45, 2.75) is 110 Å². The Bertz CT molecular complexity index is 3470. The molecule has 2 aliphatic heterocycles. The van der Waals surface area contributed by atoms with Gasteiger partial charge in [0, 0.05) is 68.8 Å². The number of thioether (sulfide) groups is 1. The van der Waals surface area contributed by atoms with Crippen molar-refractivity contribution in [3.63, 3.8) is 0 Å². The minimum atomic E-state index is -1.04. The molecule has 6 aromatic rings. The molecule has 0 spiro atoms. The Morgan fingerprint density at radius 3 is 2.20 bits per heavy atom. The Kier molecular flexibility index (Phi) is 24.0. The lowest BCUT2D eigenvalue weighted by Gasteiger charge is -2.28. The molecule has 2 aliphatic rings. The Hall–Kier alpha value is -7.82. The zero-order valence-electron chi connectivity index (χ0n) is 51.6. The zero-order chi connectivity index (χ0) is 62.9. The van der Waals surface area contributed by atoms with E-state index in [1.807, 2.05) is 90.6 Å². The summed E-state index contributed by atoms with van der Waals surface area (Å²) in [5.74, 6) is -2.26. The van der Waals surface area contributed by atoms with E-state index >= 15 is 0 Å². The quantitative estimate of drug-likeness (QED) is 0.0267. The lowest BCUT2D eigenvalue weighted by Crippen LogP contribution is -2.39. The fourth-order valence-electron chi connectivity index (χ4n) is 11.4. The minimum Gasteiger partial charge on any atom is -0.481 e. The van der Waals surface area contributed by atoms with Gasteiger partial charge < -0.3 is 44.3 Å². The van der Waals surface area contributed by atoms with Gasteiger partial charge in [-0.3, -0.25) is 38.5 Å². The van der Waals surface area contributed by atoms with Gasteiger partial charge in [-0.25, -0.2) is 4.68 Å². The van der Waals surface area contributed by atoms with Gasteiger partial charge in [0.2, 0.25) is 29.5 Å². The number of ether oxygens (including phenoxy) is 3. The van der Waals surface area contributed by atoms with Crippen LogP contribution in [0.2, 0.25) is 0 Å². The molecule has 21 heteroatoms. The second-order valence-corrected chi connectivity index (χ2v) is 24.1. The third-order valence-electron chi connectivity index (χ3n) is 16.0. The van der Waals surface area contributed by atoms with E-state index in [0.29, 0.717) is 95.5 Å². The van der Waals surface area contributed by atoms with Crippen LogP contribution in [0.25, 0.3) is 33.6 Å². The Labute approximate surface area is 519 Å². The van der Waals surface area contributed by atoms with Crippen molar-refractivity contribution < 1.29 is 48.1 Å². The van der Waals surface area contributed by atoms with Crippen molar-refractivity contribution in [1.29, 1.82) is 0 Å². The Balaban J connectivity index is 0.749. The second-order valence-electron chi connectivity index (χ2n) is 23.0. The third kappa shape index (κ3) is 17.5. The first-order valence-corrected chi connectivity index (χ1v) is 31.6. The SMILES string of the molecule is CSC1CC(=O)N(CCC(=O)NCCC(=O)N2Cc3ccccc3-c3c(nnn3CCOCCOCCOCCN(C)CCc3ccn(C(CCC(C)C)C(=O)N[C@@H](CC(=O)O)c4cccc(-c5c(C)cc(C)cc5C)c4)c(=O)c3)-c3ccccc32)C1=O. The van der Waals surface area contributed by atoms with E-state index in [2.05, 4.69) is 72.6 Å². The molecular formula is C67H83N9O11S. The van der Waals surface area contributed by atoms with Crippen LogP contribution in [0.5, 0.6) is 0 Å². The number of pyridine rings is 1. The fraction of sp³-hybridized carbons (Fsp3) is 0.448. The summed E-state index contributed by atoms with van der Waals surface area (Å²) in [5, 5.41) is 24.6. The number of nitrogens with one attached hydrogen (secondary N) is 2. The normalized spacial score (nSPS) is 14.5. The highest BCUT2D eigenvalue weighted by atomic mass is 32.2. The van der Waals surface area contributed by atoms with Crippen LogP contribution in [0.3, 0.4) is 0 Å². The van der Waals surface area contributed by atoms with Crippen LogP contribution in [0.15, 0.2) is 108 Å². The van der Waals surface area contributed by atoms with Gasteiger partial charge in [-0.1, -0.05) is 97.4 Å². The lowest BCUT2D eigenvalue weighted by atomic mass is 9.91. The van der Waals surface area contributed by atoms with E-state index in [-0.39, 0.29) is 80.4 Å². The number of carboxylic acid groups (broad SMARTS) is 1. The molecule has 0 aliphatic carbocycles. The van der Waals surface area contributed by atoms with Crippen molar-refractivity contribution in [2.75, 3.05) is 84.0 Å². The maximum absolute atomic E-state index is 14.2. The summed E-state index contributed by atoms with van der Waals surface area (Å²) in [6.07, 6.45) is 4.99. The van der Waals surface area contributed by atoms with Crippen LogP contribution in [-0.2, 0) is 62.5 Å². The predicted octanol–water partition coefficient (Wildman–Crippen LogP) is 8.13. The molecule has 3 N–H and O–H groups in total. The van der Waals surface area contributed by atoms with E-state index < -0.39 is 29.2 Å². The summed E-state index contributed by atoms with van der Waals surface area (Å²) < 4.78 is 21.0. The molecule has 468 valence electrons. The molecule has 0 radical (unpaired) electrons. The van der Waals surface area contributed by atoms with Gasteiger partial charge in [0.15, 0.2) is 0 Å². The lowest BCUT2D eigenvalue weighted by molar-refractivity contribution is -0.140. The van der Waals surface area contributed by atoms with Crippen LogP contribution in [0, 0.1) is 26.7 Å². The summed E-state index contributed by atoms with van der Waals surface area (Å²) in [7, 11) is 1.99. The average molecular weight is 1220 g/mol. The zero-order valence-corrected chi connectivity index (χ0v) is 52.4. The number of benzene rings is 4. The van der Waals surface area contributed by atoms with Gasteiger partial charge >= 0.3 is 5.97 Å². The first kappa shape index (κ1) is 66.1. The van der Waals surface area contributed by atoms with E-state index in [1.54, 1.807) is 23.4 Å². The van der Waals surface area contributed by atoms with Crippen LogP contribution in [0.4, 0.5) is 5.69 Å². The number of likely N-dealkylation sites (tertiary alicyclic amines) is 1. The first-order valence-electron chi connectivity index (χ1n) is 30.3. The number of carbonyl (C=O) groups excluding carboxylic acids is 5. The number of fused-ring (bicyclic) bond motifs is 5. The molecule has 88 heavy (non-hydrogen) atoms. The van der Waals surface area contributed by atoms with E-state index in [4.69, 9.17) is 14.2 Å². The molecule has 0 saturated carbocycles. The summed E-state index contributed by atoms with van der Waals surface area (Å²) in [5.41, 5.74) is 11.3. The summed E-state index contributed by atoms with van der Waals surface area (Å²) in [6, 6.07) is 29.2. The number of rotatable bonds is 32. The van der Waals surface area contributed by atoms with Gasteiger partial charge in [-0.05, 0) is 116 Å². The van der Waals surface area contributed by atoms with E-state index in [1.165, 1.54) is 16.3 Å². The molecular weight excluding hydrogens is 1140 g/mol. The molecule has 3 atom stereocenters. The molecule has 8 rings (SSSR count). The maximum atomic E-state index is 14.2. The Morgan fingerprint density at radius 2 is 1.50 bits per heavy atom. The molecule has 5 amide bonds. The number of amides is 5. The molecule has 1 saturated heterocycles. The van der Waals surface area contributed by atoms with Gasteiger partial charge in [-0.2, -0.15) is 11.8 Å². The number of carbonyl (C=O) groups is 6. The number of imide groups is 1. The van der Waals surface area contributed by atoms with Crippen molar-refractivity contribution >= 4 is 53.0 Å². The van der Waals surface area contributed by atoms with Crippen molar-refractivity contribution in [3.8, 4) is 33.6 Å². The van der Waals surface area contributed by atoms with Gasteiger partial charge in [-0.15, -0.1) is 5.10 Å². The largest absolute Gasteiger partial charge is 0.481 e. The third-order valence-corrected chi connectivity index (χ3v) is 16.9. The van der Waals surface area contributed by atoms with Gasteiger partial charge in [0.1, 0.15) is 11.7 Å². The molecule has 0 bridgehead atoms. The highest BCUT2D eigenvalue weighted by Crippen LogP contribution is 2.41. The number of anilines is 1. The van der Waals surface area contributed by atoms with Crippen LogP contribution >= 0.6 is 11.8 Å². The number of nitrogens with zero attached hydrogens (tertiary/aromatic N) is 7. The standard InChI is InChI=1S/C67H83N9O11S/c1-44(2)19-20-56(66(83)69-54(41-62(81)82)49-14-12-15-50(40-49)63-46(4)37-45(3)38-47(63)5)73-27-23-48(39-60(73)79)22-26-72(6)29-31-85-33-35-87-36-34-86-32-30-76-65-52-16-9-8-13-51(52)43-75(55-18-11-10-17-53(55)64(65)70-71-76)59(78)21-25-68-58(77)24-28-74-61(80)42-57(88-7)67(74)84/h8-18,23,27,37-40,44,54,56-57H,19-22,24-26,28-36,41-43H2,1-7H3,(H,68,77)(H,69,83)(H,81,82)/t54-,56?,57?/m0/s1. The average Bonchev–Trinajstić information content (AvgIpc) is 2.00. The fourth-order valence-corrected chi connectivity index (χ4v) is 12.1. The smallest absolute Gasteiger partial charge is 0.305 e. The minimum absolute atomic E-state index is 0.00532. The summed E-state index contributed by atoms with van der Waals surface area (Å²) >= 11 is 1.32. The highest BCUT2D eigenvalue weighted by Gasteiger charge is 2.38. The van der Waals surface area contributed by atoms with Crippen LogP contribution < -0.4 is 21.1 Å². The number of hydrogen-bond donors (Lipinski definition) is 3. The molecule has 1 fully saturated rings. The number of para-hydroxylation sites is 1. The monoisotopic (exact) mass is 1220 g/mol. The number of carboxylic acids is 1. The van der Waals surface area contributed by atoms with Crippen molar-refractivity contribution in [2.24, 2.45) is 5.92 Å². The molecule has 4 aromatic carbocycles. The highest BCUT2D eigenvalue weighted by molar-refractivity contribution is 8.00. The first-order chi connectivity index (χ1) is 42.4. The number of likely N-dealkylation sites (N-methyl/N-ethyl adjacent to an activating group) is 1. The number of aryl methyl sites for hydroxylation is 3. The molecule has 20 nitrogen and oxygen atoms in total. The Morgan fingerprint density at radius 1 is 0.795 bits per heavy atom. The van der Waals surface area contributed by atoms with Crippen molar-refractivity contribution in [1.82, 2.24) is 40.0 Å². The summed E-state index contributed by atoms with van der Waals surface area (Å²) in [4.78, 5) is 96.7. The predicted molar refractivity (Wildman–Crippen MR) is 340 cm³/mol. The maximum Gasteiger partial charge on any atom is 0.305 e. The van der Waals surface area contributed by atoms with Gasteiger partial charge in [0.05, 0.1) is 81.8 Å². The number of aromatic nitrogens is 4. The molecule has 2 unspecified atom stereocenters. The van der Waals surface area contributed by atoms with E-state index in [9.17, 15) is 38.7 Å². The topological polar surface area (TPSA) is 237 Å². The van der Waals surface area contributed by atoms with Gasteiger partial charge in [0.25, 0.3) is 5.56 Å². The summed E-state index contributed by atoms with van der Waals surface area (Å²) in [6.45, 7) is 14.8. The second kappa shape index (κ2) is 31.9.